The van der Waals surface area contributed by atoms with Crippen LogP contribution >= 0.6 is 11.7 Å². The van der Waals surface area contributed by atoms with Crippen molar-refractivity contribution < 1.29 is 0 Å². The second-order valence-electron chi connectivity index (χ2n) is 2.75. The summed E-state index contributed by atoms with van der Waals surface area (Å²) in [5, 5.41) is 3.33. The zero-order valence-electron chi connectivity index (χ0n) is 7.66. The molecule has 0 bridgehead atoms. The summed E-state index contributed by atoms with van der Waals surface area (Å²) in [5.74, 6) is 2.64. The molecule has 1 aromatic rings. The van der Waals surface area contributed by atoms with Gasteiger partial charge in [-0.2, -0.15) is 8.75 Å². The van der Waals surface area contributed by atoms with Gasteiger partial charge in [0.1, 0.15) is 0 Å². The lowest BCUT2D eigenvalue weighted by atomic mass is 10.1. The summed E-state index contributed by atoms with van der Waals surface area (Å²) in [6.07, 6.45) is 8.81. The maximum absolute atomic E-state index is 5.27. The number of nitrogens with one attached hydrogen (secondary N) is 1. The van der Waals surface area contributed by atoms with Crippen molar-refractivity contribution in [2.75, 3.05) is 6.54 Å². The Labute approximate surface area is 82.9 Å². The smallest absolute Gasteiger partial charge is 0.0922 e. The van der Waals surface area contributed by atoms with Gasteiger partial charge >= 0.3 is 0 Å². The highest BCUT2D eigenvalue weighted by molar-refractivity contribution is 6.99. The Morgan fingerprint density at radius 3 is 3.15 bits per heavy atom. The number of aromatic nitrogens is 2. The summed E-state index contributed by atoms with van der Waals surface area (Å²) in [5.41, 5.74) is 0.955. The molecule has 0 aliphatic heterocycles. The number of nitrogens with zero attached hydrogens (tertiary/aromatic N) is 2. The molecule has 13 heavy (non-hydrogen) atoms. The molecule has 0 aromatic carbocycles. The third-order valence-electron chi connectivity index (χ3n) is 1.70. The number of terminal acetylenes is 1. The van der Waals surface area contributed by atoms with Crippen molar-refractivity contribution >= 4 is 11.7 Å². The van der Waals surface area contributed by atoms with Crippen LogP contribution in [0.1, 0.15) is 31.5 Å². The molecule has 0 fully saturated rings. The van der Waals surface area contributed by atoms with Gasteiger partial charge in [-0.15, -0.1) is 12.3 Å². The lowest BCUT2D eigenvalue weighted by Gasteiger charge is -2.12. The highest BCUT2D eigenvalue weighted by Crippen LogP contribution is 2.13. The van der Waals surface area contributed by atoms with Gasteiger partial charge < -0.3 is 5.32 Å². The largest absolute Gasteiger partial charge is 0.308 e. The van der Waals surface area contributed by atoms with E-state index in [2.05, 4.69) is 26.9 Å². The number of rotatable bonds is 5. The summed E-state index contributed by atoms with van der Waals surface area (Å²) < 4.78 is 8.12. The normalized spacial score (nSPS) is 12.3. The van der Waals surface area contributed by atoms with Gasteiger partial charge in [-0.3, -0.25) is 0 Å². The molecule has 0 saturated carbocycles. The molecule has 1 rings (SSSR count). The van der Waals surface area contributed by atoms with Crippen molar-refractivity contribution in [1.29, 1.82) is 0 Å². The fourth-order valence-electron chi connectivity index (χ4n) is 1.04. The van der Waals surface area contributed by atoms with Crippen molar-refractivity contribution in [1.82, 2.24) is 14.1 Å². The zero-order chi connectivity index (χ0) is 9.52. The SMILES string of the molecule is C#CCC(NCCC)c1cnsn1. The van der Waals surface area contributed by atoms with Crippen LogP contribution in [-0.2, 0) is 0 Å². The van der Waals surface area contributed by atoms with Crippen molar-refractivity contribution in [3.63, 3.8) is 0 Å². The fourth-order valence-corrected chi connectivity index (χ4v) is 1.51. The second kappa shape index (κ2) is 5.68. The Morgan fingerprint density at radius 2 is 2.62 bits per heavy atom. The van der Waals surface area contributed by atoms with E-state index >= 15 is 0 Å². The maximum atomic E-state index is 5.27. The summed E-state index contributed by atoms with van der Waals surface area (Å²) in [6.45, 7) is 3.09. The van der Waals surface area contributed by atoms with E-state index in [1.165, 1.54) is 11.7 Å². The van der Waals surface area contributed by atoms with E-state index < -0.39 is 0 Å². The maximum Gasteiger partial charge on any atom is 0.0922 e. The highest BCUT2D eigenvalue weighted by Gasteiger charge is 2.11. The Bertz CT molecular complexity index is 263. The second-order valence-corrected chi connectivity index (χ2v) is 3.30. The van der Waals surface area contributed by atoms with Gasteiger partial charge in [-0.05, 0) is 13.0 Å². The molecule has 0 saturated heterocycles. The molecule has 1 aromatic heterocycles. The van der Waals surface area contributed by atoms with Crippen LogP contribution in [0.25, 0.3) is 0 Å². The minimum absolute atomic E-state index is 0.170. The van der Waals surface area contributed by atoms with Crippen molar-refractivity contribution in [2.24, 2.45) is 0 Å². The molecular formula is C9H13N3S. The van der Waals surface area contributed by atoms with Gasteiger partial charge in [-0.1, -0.05) is 6.92 Å². The Kier molecular flexibility index (Phi) is 4.44. The summed E-state index contributed by atoms with van der Waals surface area (Å²) >= 11 is 1.22. The molecule has 0 amide bonds. The average Bonchev–Trinajstić information content (AvgIpc) is 2.65. The fraction of sp³-hybridized carbons (Fsp3) is 0.556. The first-order chi connectivity index (χ1) is 6.38. The van der Waals surface area contributed by atoms with Crippen LogP contribution in [0.4, 0.5) is 0 Å². The Hall–Kier alpha value is -0.920. The van der Waals surface area contributed by atoms with E-state index in [0.29, 0.717) is 6.42 Å². The average molecular weight is 195 g/mol. The highest BCUT2D eigenvalue weighted by atomic mass is 32.1. The molecule has 1 heterocycles. The number of hydrogen-bond acceptors (Lipinski definition) is 4. The molecule has 0 spiro atoms. The van der Waals surface area contributed by atoms with Gasteiger partial charge in [0, 0.05) is 6.42 Å². The van der Waals surface area contributed by atoms with Crippen LogP contribution < -0.4 is 5.32 Å². The first-order valence-corrected chi connectivity index (χ1v) is 5.05. The van der Waals surface area contributed by atoms with E-state index in [1.54, 1.807) is 6.20 Å². The zero-order valence-corrected chi connectivity index (χ0v) is 8.47. The third kappa shape index (κ3) is 3.13. The topological polar surface area (TPSA) is 37.8 Å². The Balaban J connectivity index is 2.53. The molecule has 0 aliphatic carbocycles. The lowest BCUT2D eigenvalue weighted by molar-refractivity contribution is 0.534. The van der Waals surface area contributed by atoms with Crippen LogP contribution in [0.2, 0.25) is 0 Å². The van der Waals surface area contributed by atoms with Crippen LogP contribution in [-0.4, -0.2) is 15.3 Å². The van der Waals surface area contributed by atoms with Gasteiger partial charge in [0.15, 0.2) is 0 Å². The van der Waals surface area contributed by atoms with E-state index in [9.17, 15) is 0 Å². The van der Waals surface area contributed by atoms with Gasteiger partial charge in [0.05, 0.1) is 29.7 Å². The summed E-state index contributed by atoms with van der Waals surface area (Å²) in [7, 11) is 0. The lowest BCUT2D eigenvalue weighted by Crippen LogP contribution is -2.21. The molecule has 0 aliphatic rings. The molecule has 1 N–H and O–H groups in total. The summed E-state index contributed by atoms with van der Waals surface area (Å²) in [6, 6.07) is 0.170. The monoisotopic (exact) mass is 195 g/mol. The molecule has 4 heteroatoms. The molecule has 1 atom stereocenters. The van der Waals surface area contributed by atoms with E-state index in [1.807, 2.05) is 0 Å². The van der Waals surface area contributed by atoms with Crippen molar-refractivity contribution in [3.05, 3.63) is 11.9 Å². The van der Waals surface area contributed by atoms with Gasteiger partial charge in [0.2, 0.25) is 0 Å². The quantitative estimate of drug-likeness (QED) is 0.725. The predicted octanol–water partition coefficient (Wildman–Crippen LogP) is 1.60. The van der Waals surface area contributed by atoms with E-state index in [-0.39, 0.29) is 6.04 Å². The van der Waals surface area contributed by atoms with Crippen LogP contribution in [0.15, 0.2) is 6.20 Å². The minimum Gasteiger partial charge on any atom is -0.308 e. The van der Waals surface area contributed by atoms with Crippen LogP contribution in [0, 0.1) is 12.3 Å². The van der Waals surface area contributed by atoms with E-state index in [4.69, 9.17) is 6.42 Å². The molecule has 70 valence electrons. The van der Waals surface area contributed by atoms with Crippen molar-refractivity contribution in [2.45, 2.75) is 25.8 Å². The molecular weight excluding hydrogens is 182 g/mol. The summed E-state index contributed by atoms with van der Waals surface area (Å²) in [4.78, 5) is 0. The van der Waals surface area contributed by atoms with Crippen LogP contribution in [0.5, 0.6) is 0 Å². The number of hydrogen-bond donors (Lipinski definition) is 1. The standard InChI is InChI=1S/C9H13N3S/c1-3-5-8(10-6-4-2)9-7-11-13-12-9/h1,7-8,10H,4-6H2,2H3. The Morgan fingerprint density at radius 1 is 1.77 bits per heavy atom. The third-order valence-corrected chi connectivity index (χ3v) is 2.19. The first-order valence-electron chi connectivity index (χ1n) is 4.32. The minimum atomic E-state index is 0.170. The van der Waals surface area contributed by atoms with E-state index in [0.717, 1.165) is 18.7 Å². The molecule has 1 unspecified atom stereocenters. The van der Waals surface area contributed by atoms with Gasteiger partial charge in [0.25, 0.3) is 0 Å². The van der Waals surface area contributed by atoms with Crippen LogP contribution in [0.3, 0.4) is 0 Å². The predicted molar refractivity (Wildman–Crippen MR) is 54.4 cm³/mol. The molecule has 3 nitrogen and oxygen atoms in total. The van der Waals surface area contributed by atoms with Crippen molar-refractivity contribution in [3.8, 4) is 12.3 Å². The first kappa shape index (κ1) is 10.2. The van der Waals surface area contributed by atoms with Gasteiger partial charge in [-0.25, -0.2) is 0 Å². The molecule has 0 radical (unpaired) electrons.